The minimum Gasteiger partial charge on any atom is -0.384 e. The Kier molecular flexibility index (Phi) is 3.24. The van der Waals surface area contributed by atoms with E-state index >= 15 is 0 Å². The Balaban J connectivity index is 2.19. The number of aliphatic hydroxyl groups is 1. The summed E-state index contributed by atoms with van der Waals surface area (Å²) in [5.74, 6) is 0.871. The summed E-state index contributed by atoms with van der Waals surface area (Å²) in [6.45, 7) is 5.73. The fourth-order valence-electron chi connectivity index (χ4n) is 1.86. The van der Waals surface area contributed by atoms with E-state index in [2.05, 4.69) is 42.2 Å². The highest BCUT2D eigenvalue weighted by Crippen LogP contribution is 2.14. The molecule has 90 valence electrons. The van der Waals surface area contributed by atoms with Crippen molar-refractivity contribution in [2.45, 2.75) is 33.3 Å². The third-order valence-corrected chi connectivity index (χ3v) is 2.48. The van der Waals surface area contributed by atoms with Crippen LogP contribution in [-0.4, -0.2) is 15.2 Å². The summed E-state index contributed by atoms with van der Waals surface area (Å²) in [7, 11) is 0. The number of rotatable bonds is 3. The fourth-order valence-corrected chi connectivity index (χ4v) is 1.86. The molecule has 0 aliphatic carbocycles. The Labute approximate surface area is 100 Å². The lowest BCUT2D eigenvalue weighted by atomic mass is 10.1. The fraction of sp³-hybridized carbons (Fsp3) is 0.385. The van der Waals surface area contributed by atoms with Gasteiger partial charge in [0, 0.05) is 6.42 Å². The van der Waals surface area contributed by atoms with Gasteiger partial charge in [0.05, 0.1) is 0 Å². The van der Waals surface area contributed by atoms with E-state index in [9.17, 15) is 5.11 Å². The molecule has 0 aliphatic rings. The Hall–Kier alpha value is -1.68. The van der Waals surface area contributed by atoms with Gasteiger partial charge in [-0.15, -0.1) is 0 Å². The molecule has 4 heteroatoms. The van der Waals surface area contributed by atoms with Crippen molar-refractivity contribution in [2.75, 3.05) is 0 Å². The molecule has 0 fully saturated rings. The smallest absolute Gasteiger partial charge is 0.255 e. The standard InChI is InChI=1S/C13H16N2O2/c1-8-4-9(2)6-11(5-8)7-12-14-13(10(3)16)17-15-12/h4-6,10,16H,7H2,1-3H3/t10-/m0/s1. The summed E-state index contributed by atoms with van der Waals surface area (Å²) >= 11 is 0. The number of aliphatic hydroxyl groups excluding tert-OH is 1. The summed E-state index contributed by atoms with van der Waals surface area (Å²) in [4.78, 5) is 4.14. The molecule has 1 atom stereocenters. The summed E-state index contributed by atoms with van der Waals surface area (Å²) in [6, 6.07) is 6.33. The normalized spacial score (nSPS) is 12.7. The number of aryl methyl sites for hydroxylation is 2. The van der Waals surface area contributed by atoms with E-state index in [4.69, 9.17) is 4.52 Å². The minimum absolute atomic E-state index is 0.268. The first-order chi connectivity index (χ1) is 8.04. The van der Waals surface area contributed by atoms with Crippen molar-refractivity contribution in [3.63, 3.8) is 0 Å². The monoisotopic (exact) mass is 232 g/mol. The van der Waals surface area contributed by atoms with Gasteiger partial charge in [-0.2, -0.15) is 4.98 Å². The maximum Gasteiger partial charge on any atom is 0.255 e. The molecule has 2 aromatic rings. The van der Waals surface area contributed by atoms with Crippen LogP contribution in [0.4, 0.5) is 0 Å². The molecule has 0 radical (unpaired) electrons. The van der Waals surface area contributed by atoms with Crippen LogP contribution in [0.5, 0.6) is 0 Å². The van der Waals surface area contributed by atoms with Crippen LogP contribution in [0.1, 0.15) is 41.4 Å². The zero-order chi connectivity index (χ0) is 12.4. The molecule has 1 aromatic carbocycles. The molecule has 1 heterocycles. The van der Waals surface area contributed by atoms with Gasteiger partial charge in [-0.25, -0.2) is 0 Å². The number of nitrogens with zero attached hydrogens (tertiary/aromatic N) is 2. The van der Waals surface area contributed by atoms with Gasteiger partial charge in [-0.1, -0.05) is 34.5 Å². The SMILES string of the molecule is Cc1cc(C)cc(Cc2noc([C@H](C)O)n2)c1. The highest BCUT2D eigenvalue weighted by Gasteiger charge is 2.11. The van der Waals surface area contributed by atoms with Crippen LogP contribution in [0, 0.1) is 13.8 Å². The quantitative estimate of drug-likeness (QED) is 0.882. The maximum absolute atomic E-state index is 9.30. The van der Waals surface area contributed by atoms with E-state index < -0.39 is 6.10 Å². The molecule has 0 aliphatic heterocycles. The van der Waals surface area contributed by atoms with E-state index in [-0.39, 0.29) is 5.89 Å². The van der Waals surface area contributed by atoms with Gasteiger partial charge in [-0.3, -0.25) is 0 Å². The van der Waals surface area contributed by atoms with Crippen molar-refractivity contribution in [1.82, 2.24) is 10.1 Å². The van der Waals surface area contributed by atoms with Gasteiger partial charge in [0.2, 0.25) is 0 Å². The van der Waals surface area contributed by atoms with Crippen LogP contribution in [-0.2, 0) is 6.42 Å². The predicted molar refractivity (Wildman–Crippen MR) is 63.7 cm³/mol. The summed E-state index contributed by atoms with van der Waals surface area (Å²) in [6.07, 6.45) is -0.0888. The van der Waals surface area contributed by atoms with Crippen LogP contribution in [0.2, 0.25) is 0 Å². The second-order valence-electron chi connectivity index (χ2n) is 4.40. The van der Waals surface area contributed by atoms with Gasteiger partial charge in [0.15, 0.2) is 5.82 Å². The number of hydrogen-bond acceptors (Lipinski definition) is 4. The van der Waals surface area contributed by atoms with E-state index in [1.165, 1.54) is 11.1 Å². The number of hydrogen-bond donors (Lipinski definition) is 1. The molecule has 0 spiro atoms. The predicted octanol–water partition coefficient (Wildman–Crippen LogP) is 2.33. The molecule has 4 nitrogen and oxygen atoms in total. The zero-order valence-electron chi connectivity index (χ0n) is 10.3. The molecule has 0 amide bonds. The lowest BCUT2D eigenvalue weighted by Gasteiger charge is -2.01. The number of benzene rings is 1. The second-order valence-corrected chi connectivity index (χ2v) is 4.40. The lowest BCUT2D eigenvalue weighted by molar-refractivity contribution is 0.151. The third-order valence-electron chi connectivity index (χ3n) is 2.48. The van der Waals surface area contributed by atoms with Crippen LogP contribution >= 0.6 is 0 Å². The van der Waals surface area contributed by atoms with Crippen LogP contribution in [0.3, 0.4) is 0 Å². The molecular formula is C13H16N2O2. The molecular weight excluding hydrogens is 216 g/mol. The van der Waals surface area contributed by atoms with Crippen molar-refractivity contribution < 1.29 is 9.63 Å². The van der Waals surface area contributed by atoms with Gasteiger partial charge in [-0.05, 0) is 26.3 Å². The van der Waals surface area contributed by atoms with Crippen molar-refractivity contribution in [2.24, 2.45) is 0 Å². The van der Waals surface area contributed by atoms with Gasteiger partial charge in [0.1, 0.15) is 6.10 Å². The van der Waals surface area contributed by atoms with Crippen LogP contribution < -0.4 is 0 Å². The van der Waals surface area contributed by atoms with Crippen LogP contribution in [0.15, 0.2) is 22.7 Å². The first-order valence-electron chi connectivity index (χ1n) is 5.62. The molecule has 0 saturated carbocycles. The summed E-state index contributed by atoms with van der Waals surface area (Å²) < 4.78 is 4.95. The van der Waals surface area contributed by atoms with E-state index in [0.717, 1.165) is 5.56 Å². The van der Waals surface area contributed by atoms with Crippen molar-refractivity contribution in [3.8, 4) is 0 Å². The molecule has 0 bridgehead atoms. The topological polar surface area (TPSA) is 59.2 Å². The van der Waals surface area contributed by atoms with Gasteiger partial charge in [0.25, 0.3) is 5.89 Å². The Morgan fingerprint density at radius 1 is 1.24 bits per heavy atom. The van der Waals surface area contributed by atoms with Crippen LogP contribution in [0.25, 0.3) is 0 Å². The highest BCUT2D eigenvalue weighted by molar-refractivity contribution is 5.30. The van der Waals surface area contributed by atoms with Crippen molar-refractivity contribution in [1.29, 1.82) is 0 Å². The molecule has 0 saturated heterocycles. The Bertz CT molecular complexity index is 498. The molecule has 0 unspecified atom stereocenters. The van der Waals surface area contributed by atoms with E-state index in [1.54, 1.807) is 6.92 Å². The summed E-state index contributed by atoms with van der Waals surface area (Å²) in [5, 5.41) is 13.1. The summed E-state index contributed by atoms with van der Waals surface area (Å²) in [5.41, 5.74) is 3.60. The second kappa shape index (κ2) is 4.67. The number of aromatic nitrogens is 2. The molecule has 1 N–H and O–H groups in total. The third kappa shape index (κ3) is 2.91. The van der Waals surface area contributed by atoms with Crippen molar-refractivity contribution in [3.05, 3.63) is 46.6 Å². The first kappa shape index (κ1) is 11.8. The van der Waals surface area contributed by atoms with E-state index in [1.807, 2.05) is 0 Å². The van der Waals surface area contributed by atoms with Gasteiger partial charge >= 0.3 is 0 Å². The first-order valence-corrected chi connectivity index (χ1v) is 5.62. The molecule has 1 aromatic heterocycles. The average Bonchev–Trinajstić information content (AvgIpc) is 2.64. The lowest BCUT2D eigenvalue weighted by Crippen LogP contribution is -1.94. The highest BCUT2D eigenvalue weighted by atomic mass is 16.5. The molecule has 17 heavy (non-hydrogen) atoms. The van der Waals surface area contributed by atoms with Gasteiger partial charge < -0.3 is 9.63 Å². The maximum atomic E-state index is 9.30. The zero-order valence-corrected chi connectivity index (χ0v) is 10.3. The largest absolute Gasteiger partial charge is 0.384 e. The molecule has 2 rings (SSSR count). The van der Waals surface area contributed by atoms with Crippen molar-refractivity contribution >= 4 is 0 Å². The van der Waals surface area contributed by atoms with E-state index in [0.29, 0.717) is 12.2 Å². The average molecular weight is 232 g/mol. The minimum atomic E-state index is -0.713. The Morgan fingerprint density at radius 3 is 2.41 bits per heavy atom. The Morgan fingerprint density at radius 2 is 1.88 bits per heavy atom.